The molecule has 74 valence electrons. The second-order valence-electron chi connectivity index (χ2n) is 4.01. The third-order valence-corrected chi connectivity index (χ3v) is 2.80. The molecule has 1 aliphatic rings. The molecule has 0 fully saturated rings. The van der Waals surface area contributed by atoms with Gasteiger partial charge < -0.3 is 4.74 Å². The molecule has 0 aliphatic carbocycles. The summed E-state index contributed by atoms with van der Waals surface area (Å²) in [5.41, 5.74) is 3.06. The molecule has 2 rings (SSSR count). The van der Waals surface area contributed by atoms with Crippen LogP contribution in [0.2, 0.25) is 0 Å². The summed E-state index contributed by atoms with van der Waals surface area (Å²) >= 11 is 0. The highest BCUT2D eigenvalue weighted by Crippen LogP contribution is 2.29. The Morgan fingerprint density at radius 1 is 1.29 bits per heavy atom. The molecule has 0 radical (unpaired) electrons. The minimum Gasteiger partial charge on any atom is -0.492 e. The molecule has 1 unspecified atom stereocenters. The molecule has 1 aromatic carbocycles. The Hall–Kier alpha value is -1.31. The molecule has 0 N–H and O–H groups in total. The first-order valence-corrected chi connectivity index (χ1v) is 4.88. The van der Waals surface area contributed by atoms with Gasteiger partial charge >= 0.3 is 0 Å². The monoisotopic (exact) mass is 190 g/mol. The van der Waals surface area contributed by atoms with Crippen molar-refractivity contribution in [2.45, 2.75) is 20.8 Å². The van der Waals surface area contributed by atoms with Crippen LogP contribution in [-0.4, -0.2) is 12.4 Å². The van der Waals surface area contributed by atoms with E-state index >= 15 is 0 Å². The van der Waals surface area contributed by atoms with E-state index in [1.807, 2.05) is 32.9 Å². The zero-order valence-electron chi connectivity index (χ0n) is 8.76. The van der Waals surface area contributed by atoms with Crippen molar-refractivity contribution in [2.24, 2.45) is 5.92 Å². The molecule has 1 aliphatic heterocycles. The fraction of sp³-hybridized carbons (Fsp3) is 0.417. The normalized spacial score (nSPS) is 20.2. The first-order chi connectivity index (χ1) is 6.59. The van der Waals surface area contributed by atoms with Crippen LogP contribution in [0.5, 0.6) is 5.75 Å². The summed E-state index contributed by atoms with van der Waals surface area (Å²) in [5, 5.41) is 0. The smallest absolute Gasteiger partial charge is 0.172 e. The van der Waals surface area contributed by atoms with Gasteiger partial charge in [0.2, 0.25) is 0 Å². The summed E-state index contributed by atoms with van der Waals surface area (Å²) < 4.78 is 5.52. The van der Waals surface area contributed by atoms with E-state index in [2.05, 4.69) is 0 Å². The van der Waals surface area contributed by atoms with Crippen LogP contribution in [0.15, 0.2) is 12.1 Å². The number of carbonyl (C=O) groups excluding carboxylic acids is 1. The summed E-state index contributed by atoms with van der Waals surface area (Å²) in [6.07, 6.45) is 0. The SMILES string of the molecule is Cc1cc2c(cc1C)C(=O)C(C)CO2. The van der Waals surface area contributed by atoms with Crippen LogP contribution in [0.3, 0.4) is 0 Å². The third kappa shape index (κ3) is 1.31. The van der Waals surface area contributed by atoms with Gasteiger partial charge in [-0.3, -0.25) is 4.79 Å². The Morgan fingerprint density at radius 2 is 1.93 bits per heavy atom. The highest BCUT2D eigenvalue weighted by Gasteiger charge is 2.25. The first kappa shape index (κ1) is 9.25. The van der Waals surface area contributed by atoms with Gasteiger partial charge in [-0.15, -0.1) is 0 Å². The quantitative estimate of drug-likeness (QED) is 0.628. The second kappa shape index (κ2) is 3.12. The van der Waals surface area contributed by atoms with Crippen LogP contribution in [0.25, 0.3) is 0 Å². The number of hydrogen-bond acceptors (Lipinski definition) is 2. The summed E-state index contributed by atoms with van der Waals surface area (Å²) in [6, 6.07) is 3.89. The van der Waals surface area contributed by atoms with E-state index in [1.54, 1.807) is 0 Å². The van der Waals surface area contributed by atoms with E-state index in [0.29, 0.717) is 6.61 Å². The van der Waals surface area contributed by atoms with Crippen LogP contribution < -0.4 is 4.74 Å². The second-order valence-corrected chi connectivity index (χ2v) is 4.01. The molecule has 0 saturated carbocycles. The minimum absolute atomic E-state index is 0.00962. The van der Waals surface area contributed by atoms with Gasteiger partial charge in [-0.25, -0.2) is 0 Å². The van der Waals surface area contributed by atoms with Crippen LogP contribution in [0, 0.1) is 19.8 Å². The molecule has 0 aromatic heterocycles. The number of ether oxygens (including phenoxy) is 1. The largest absolute Gasteiger partial charge is 0.492 e. The Kier molecular flexibility index (Phi) is 2.06. The van der Waals surface area contributed by atoms with Crippen molar-refractivity contribution in [1.82, 2.24) is 0 Å². The molecule has 1 heterocycles. The van der Waals surface area contributed by atoms with Gasteiger partial charge in [0.05, 0.1) is 18.1 Å². The number of Topliss-reactive ketones (excluding diaryl/α,β-unsaturated/α-hetero) is 1. The average Bonchev–Trinajstić information content (AvgIpc) is 2.15. The van der Waals surface area contributed by atoms with Gasteiger partial charge in [0.15, 0.2) is 5.78 Å². The number of fused-ring (bicyclic) bond motifs is 1. The summed E-state index contributed by atoms with van der Waals surface area (Å²) in [4.78, 5) is 11.8. The number of carbonyl (C=O) groups is 1. The van der Waals surface area contributed by atoms with Gasteiger partial charge in [-0.2, -0.15) is 0 Å². The standard InChI is InChI=1S/C12H14O2/c1-7-4-10-11(5-8(7)2)14-6-9(3)12(10)13/h4-5,9H,6H2,1-3H3. The van der Waals surface area contributed by atoms with Crippen LogP contribution in [0.1, 0.15) is 28.4 Å². The Morgan fingerprint density at radius 3 is 2.64 bits per heavy atom. The maximum Gasteiger partial charge on any atom is 0.172 e. The molecule has 1 aromatic rings. The molecule has 0 bridgehead atoms. The molecule has 0 saturated heterocycles. The van der Waals surface area contributed by atoms with E-state index in [-0.39, 0.29) is 11.7 Å². The molecular weight excluding hydrogens is 176 g/mol. The fourth-order valence-electron chi connectivity index (χ4n) is 1.66. The summed E-state index contributed by atoms with van der Waals surface area (Å²) in [5.74, 6) is 0.940. The molecule has 2 nitrogen and oxygen atoms in total. The molecular formula is C12H14O2. The van der Waals surface area contributed by atoms with Gasteiger partial charge in [0, 0.05) is 0 Å². The number of ketones is 1. The fourth-order valence-corrected chi connectivity index (χ4v) is 1.66. The molecule has 1 atom stereocenters. The minimum atomic E-state index is -0.00962. The van der Waals surface area contributed by atoms with Crippen molar-refractivity contribution in [3.8, 4) is 5.75 Å². The van der Waals surface area contributed by atoms with E-state index < -0.39 is 0 Å². The first-order valence-electron chi connectivity index (χ1n) is 4.88. The lowest BCUT2D eigenvalue weighted by Gasteiger charge is -2.22. The van der Waals surface area contributed by atoms with Gasteiger partial charge in [-0.1, -0.05) is 6.92 Å². The number of benzene rings is 1. The highest BCUT2D eigenvalue weighted by atomic mass is 16.5. The number of hydrogen-bond donors (Lipinski definition) is 0. The predicted octanol–water partition coefficient (Wildman–Crippen LogP) is 2.51. The van der Waals surface area contributed by atoms with Gasteiger partial charge in [-0.05, 0) is 37.1 Å². The lowest BCUT2D eigenvalue weighted by Crippen LogP contribution is -2.25. The van der Waals surface area contributed by atoms with Gasteiger partial charge in [0.25, 0.3) is 0 Å². The van der Waals surface area contributed by atoms with Crippen LogP contribution in [0.4, 0.5) is 0 Å². The van der Waals surface area contributed by atoms with Crippen molar-refractivity contribution in [3.05, 3.63) is 28.8 Å². The Bertz CT molecular complexity index is 394. The van der Waals surface area contributed by atoms with E-state index in [1.165, 1.54) is 5.56 Å². The predicted molar refractivity (Wildman–Crippen MR) is 54.9 cm³/mol. The van der Waals surface area contributed by atoms with E-state index in [0.717, 1.165) is 16.9 Å². The van der Waals surface area contributed by atoms with Crippen molar-refractivity contribution in [1.29, 1.82) is 0 Å². The van der Waals surface area contributed by atoms with Crippen molar-refractivity contribution in [3.63, 3.8) is 0 Å². The van der Waals surface area contributed by atoms with Crippen molar-refractivity contribution >= 4 is 5.78 Å². The zero-order valence-corrected chi connectivity index (χ0v) is 8.76. The van der Waals surface area contributed by atoms with Crippen molar-refractivity contribution < 1.29 is 9.53 Å². The lowest BCUT2D eigenvalue weighted by molar-refractivity contribution is 0.0848. The van der Waals surface area contributed by atoms with E-state index in [9.17, 15) is 4.79 Å². The zero-order chi connectivity index (χ0) is 10.3. The Balaban J connectivity index is 2.56. The topological polar surface area (TPSA) is 26.3 Å². The van der Waals surface area contributed by atoms with Crippen molar-refractivity contribution in [2.75, 3.05) is 6.61 Å². The van der Waals surface area contributed by atoms with Gasteiger partial charge in [0.1, 0.15) is 5.75 Å². The lowest BCUT2D eigenvalue weighted by atomic mass is 9.94. The van der Waals surface area contributed by atoms with Crippen LogP contribution in [-0.2, 0) is 0 Å². The van der Waals surface area contributed by atoms with E-state index in [4.69, 9.17) is 4.74 Å². The maximum atomic E-state index is 11.8. The molecule has 14 heavy (non-hydrogen) atoms. The van der Waals surface area contributed by atoms with Crippen LogP contribution >= 0.6 is 0 Å². The molecule has 0 amide bonds. The summed E-state index contributed by atoms with van der Waals surface area (Å²) in [6.45, 7) is 6.46. The third-order valence-electron chi connectivity index (χ3n) is 2.80. The number of rotatable bonds is 0. The molecule has 2 heteroatoms. The summed E-state index contributed by atoms with van der Waals surface area (Å²) in [7, 11) is 0. The number of aryl methyl sites for hydroxylation is 2. The highest BCUT2D eigenvalue weighted by molar-refractivity contribution is 6.01. The Labute approximate surface area is 83.9 Å². The maximum absolute atomic E-state index is 11.8. The average molecular weight is 190 g/mol. The molecule has 0 spiro atoms.